The van der Waals surface area contributed by atoms with E-state index in [1.165, 1.54) is 5.56 Å². The van der Waals surface area contributed by atoms with Crippen molar-refractivity contribution in [2.24, 2.45) is 0 Å². The largest absolute Gasteiger partial charge is 0.457 e. The minimum atomic E-state index is -0.502. The molecule has 0 spiro atoms. The molecule has 21 heavy (non-hydrogen) atoms. The van der Waals surface area contributed by atoms with E-state index >= 15 is 0 Å². The second-order valence-corrected chi connectivity index (χ2v) is 5.56. The first-order valence-electron chi connectivity index (χ1n) is 6.68. The number of esters is 1. The molecule has 0 saturated heterocycles. The smallest absolute Gasteiger partial charge is 0.342 e. The summed E-state index contributed by atoms with van der Waals surface area (Å²) in [5.41, 5.74) is 10.7. The number of rotatable bonds is 3. The highest BCUT2D eigenvalue weighted by atomic mass is 35.5. The van der Waals surface area contributed by atoms with Crippen molar-refractivity contribution in [2.75, 3.05) is 5.73 Å². The van der Waals surface area contributed by atoms with Gasteiger partial charge in [-0.1, -0.05) is 35.4 Å². The molecule has 0 amide bonds. The SMILES string of the molecule is Cc1cc(C)c(COC(=O)c2c(N)cccc2Cl)c(C)c1. The minimum absolute atomic E-state index is 0.210. The second kappa shape index (κ2) is 6.19. The molecular weight excluding hydrogens is 286 g/mol. The Labute approximate surface area is 129 Å². The quantitative estimate of drug-likeness (QED) is 0.683. The van der Waals surface area contributed by atoms with Crippen LogP contribution in [0.2, 0.25) is 5.02 Å². The molecule has 0 saturated carbocycles. The Morgan fingerprint density at radius 1 is 1.19 bits per heavy atom. The monoisotopic (exact) mass is 303 g/mol. The van der Waals surface area contributed by atoms with Gasteiger partial charge in [0.2, 0.25) is 0 Å². The Morgan fingerprint density at radius 3 is 2.38 bits per heavy atom. The molecule has 4 heteroatoms. The number of hydrogen-bond donors (Lipinski definition) is 1. The Hall–Kier alpha value is -2.00. The summed E-state index contributed by atoms with van der Waals surface area (Å²) in [7, 11) is 0. The molecule has 2 N–H and O–H groups in total. The predicted molar refractivity (Wildman–Crippen MR) is 85.6 cm³/mol. The average molecular weight is 304 g/mol. The van der Waals surface area contributed by atoms with Crippen molar-refractivity contribution in [1.29, 1.82) is 0 Å². The fourth-order valence-corrected chi connectivity index (χ4v) is 2.66. The van der Waals surface area contributed by atoms with E-state index in [1.54, 1.807) is 18.2 Å². The lowest BCUT2D eigenvalue weighted by Gasteiger charge is -2.13. The van der Waals surface area contributed by atoms with Crippen molar-refractivity contribution < 1.29 is 9.53 Å². The first-order chi connectivity index (χ1) is 9.90. The van der Waals surface area contributed by atoms with E-state index in [-0.39, 0.29) is 12.2 Å². The van der Waals surface area contributed by atoms with Crippen LogP contribution in [-0.2, 0) is 11.3 Å². The molecule has 0 bridgehead atoms. The molecule has 0 radical (unpaired) electrons. The highest BCUT2D eigenvalue weighted by molar-refractivity contribution is 6.34. The maximum Gasteiger partial charge on any atom is 0.342 e. The molecule has 3 nitrogen and oxygen atoms in total. The number of ether oxygens (including phenoxy) is 1. The van der Waals surface area contributed by atoms with E-state index in [0.717, 1.165) is 16.7 Å². The Kier molecular flexibility index (Phi) is 4.53. The maximum atomic E-state index is 12.2. The van der Waals surface area contributed by atoms with Crippen LogP contribution in [0.15, 0.2) is 30.3 Å². The van der Waals surface area contributed by atoms with Crippen LogP contribution in [0.5, 0.6) is 0 Å². The lowest BCUT2D eigenvalue weighted by atomic mass is 10.0. The van der Waals surface area contributed by atoms with Gasteiger partial charge in [-0.05, 0) is 49.6 Å². The van der Waals surface area contributed by atoms with Gasteiger partial charge in [-0.2, -0.15) is 0 Å². The van der Waals surface area contributed by atoms with Crippen LogP contribution < -0.4 is 5.73 Å². The summed E-state index contributed by atoms with van der Waals surface area (Å²) in [6.45, 7) is 6.27. The molecule has 2 rings (SSSR count). The third-order valence-corrected chi connectivity index (χ3v) is 3.75. The van der Waals surface area contributed by atoms with Gasteiger partial charge in [-0.25, -0.2) is 4.79 Å². The molecule has 0 unspecified atom stereocenters. The lowest BCUT2D eigenvalue weighted by molar-refractivity contribution is 0.0473. The van der Waals surface area contributed by atoms with Crippen LogP contribution in [0.1, 0.15) is 32.6 Å². The number of nitrogens with two attached hydrogens (primary N) is 1. The number of aryl methyl sites for hydroxylation is 3. The summed E-state index contributed by atoms with van der Waals surface area (Å²) in [5.74, 6) is -0.502. The summed E-state index contributed by atoms with van der Waals surface area (Å²) in [4.78, 5) is 12.2. The molecule has 2 aromatic rings. The van der Waals surface area contributed by atoms with Crippen molar-refractivity contribution in [3.63, 3.8) is 0 Å². The second-order valence-electron chi connectivity index (χ2n) is 5.16. The van der Waals surface area contributed by atoms with Gasteiger partial charge in [0.25, 0.3) is 0 Å². The van der Waals surface area contributed by atoms with Crippen LogP contribution in [-0.4, -0.2) is 5.97 Å². The standard InChI is InChI=1S/C17H18ClNO2/c1-10-7-11(2)13(12(3)8-10)9-21-17(20)16-14(18)5-4-6-15(16)19/h4-8H,9,19H2,1-3H3. The lowest BCUT2D eigenvalue weighted by Crippen LogP contribution is -2.10. The molecule has 0 aliphatic heterocycles. The number of halogens is 1. The van der Waals surface area contributed by atoms with E-state index in [9.17, 15) is 4.79 Å². The Bertz CT molecular complexity index is 652. The van der Waals surface area contributed by atoms with Gasteiger partial charge in [-0.15, -0.1) is 0 Å². The third kappa shape index (κ3) is 3.37. The van der Waals surface area contributed by atoms with E-state index in [0.29, 0.717) is 10.7 Å². The van der Waals surface area contributed by atoms with Gasteiger partial charge in [0.1, 0.15) is 12.2 Å². The van der Waals surface area contributed by atoms with Crippen LogP contribution in [0.4, 0.5) is 5.69 Å². The number of nitrogen functional groups attached to an aromatic ring is 1. The molecule has 0 aliphatic rings. The summed E-state index contributed by atoms with van der Waals surface area (Å²) < 4.78 is 5.37. The zero-order chi connectivity index (χ0) is 15.6. The van der Waals surface area contributed by atoms with Gasteiger partial charge in [0, 0.05) is 5.69 Å². The molecule has 0 atom stereocenters. The van der Waals surface area contributed by atoms with Crippen molar-refractivity contribution >= 4 is 23.3 Å². The normalized spacial score (nSPS) is 10.5. The number of carbonyl (C=O) groups excluding carboxylic acids is 1. The Morgan fingerprint density at radius 2 is 1.81 bits per heavy atom. The van der Waals surface area contributed by atoms with E-state index in [1.807, 2.05) is 20.8 Å². The van der Waals surface area contributed by atoms with Gasteiger partial charge in [-0.3, -0.25) is 0 Å². The van der Waals surface area contributed by atoms with E-state index < -0.39 is 5.97 Å². The highest BCUT2D eigenvalue weighted by Crippen LogP contribution is 2.24. The molecule has 2 aromatic carbocycles. The minimum Gasteiger partial charge on any atom is -0.457 e. The summed E-state index contributed by atoms with van der Waals surface area (Å²) in [5, 5.41) is 0.303. The fourth-order valence-electron chi connectivity index (χ4n) is 2.40. The van der Waals surface area contributed by atoms with Crippen LogP contribution >= 0.6 is 11.6 Å². The number of benzene rings is 2. The van der Waals surface area contributed by atoms with Crippen molar-refractivity contribution in [3.8, 4) is 0 Å². The average Bonchev–Trinajstić information content (AvgIpc) is 2.37. The zero-order valence-electron chi connectivity index (χ0n) is 12.4. The van der Waals surface area contributed by atoms with Crippen LogP contribution in [0.25, 0.3) is 0 Å². The van der Waals surface area contributed by atoms with Crippen LogP contribution in [0, 0.1) is 20.8 Å². The van der Waals surface area contributed by atoms with Gasteiger partial charge in [0.15, 0.2) is 0 Å². The molecule has 0 aliphatic carbocycles. The highest BCUT2D eigenvalue weighted by Gasteiger charge is 2.16. The fraction of sp³-hybridized carbons (Fsp3) is 0.235. The first kappa shape index (κ1) is 15.4. The Balaban J connectivity index is 2.19. The molecule has 0 fully saturated rings. The van der Waals surface area contributed by atoms with Gasteiger partial charge < -0.3 is 10.5 Å². The summed E-state index contributed by atoms with van der Waals surface area (Å²) >= 11 is 6.01. The summed E-state index contributed by atoms with van der Waals surface area (Å²) in [6.07, 6.45) is 0. The number of carbonyl (C=O) groups is 1. The molecule has 0 aromatic heterocycles. The summed E-state index contributed by atoms with van der Waals surface area (Å²) in [6, 6.07) is 9.09. The third-order valence-electron chi connectivity index (χ3n) is 3.44. The van der Waals surface area contributed by atoms with Crippen LogP contribution in [0.3, 0.4) is 0 Å². The van der Waals surface area contributed by atoms with Gasteiger partial charge >= 0.3 is 5.97 Å². The zero-order valence-corrected chi connectivity index (χ0v) is 13.1. The topological polar surface area (TPSA) is 52.3 Å². The van der Waals surface area contributed by atoms with E-state index in [2.05, 4.69) is 12.1 Å². The van der Waals surface area contributed by atoms with E-state index in [4.69, 9.17) is 22.1 Å². The first-order valence-corrected chi connectivity index (χ1v) is 7.05. The number of hydrogen-bond acceptors (Lipinski definition) is 3. The molecule has 110 valence electrons. The molecular formula is C17H18ClNO2. The molecule has 0 heterocycles. The van der Waals surface area contributed by atoms with Crippen molar-refractivity contribution in [1.82, 2.24) is 0 Å². The number of anilines is 1. The predicted octanol–water partition coefficient (Wildman–Crippen LogP) is 4.20. The maximum absolute atomic E-state index is 12.2. The van der Waals surface area contributed by atoms with Crippen molar-refractivity contribution in [3.05, 3.63) is 63.2 Å². The van der Waals surface area contributed by atoms with Gasteiger partial charge in [0.05, 0.1) is 5.02 Å². The van der Waals surface area contributed by atoms with Crippen molar-refractivity contribution in [2.45, 2.75) is 27.4 Å².